The van der Waals surface area contributed by atoms with Crippen molar-refractivity contribution in [3.8, 4) is 5.88 Å². The van der Waals surface area contributed by atoms with Gasteiger partial charge in [-0.05, 0) is 43.9 Å². The van der Waals surface area contributed by atoms with Crippen molar-refractivity contribution in [2.45, 2.75) is 37.8 Å². The van der Waals surface area contributed by atoms with Crippen LogP contribution in [0.3, 0.4) is 0 Å². The smallest absolute Gasteiger partial charge is 0.287 e. The molecule has 1 saturated carbocycles. The zero-order chi connectivity index (χ0) is 15.4. The molecule has 1 aliphatic rings. The van der Waals surface area contributed by atoms with Crippen LogP contribution >= 0.6 is 11.6 Å². The van der Waals surface area contributed by atoms with Gasteiger partial charge < -0.3 is 14.5 Å². The molecule has 5 nitrogen and oxygen atoms in total. The summed E-state index contributed by atoms with van der Waals surface area (Å²) in [4.78, 5) is 16.1. The Morgan fingerprint density at radius 2 is 2.09 bits per heavy atom. The Morgan fingerprint density at radius 3 is 2.73 bits per heavy atom. The number of nitrogens with zero attached hydrogens (tertiary/aromatic N) is 1. The van der Waals surface area contributed by atoms with Gasteiger partial charge in [-0.15, -0.1) is 0 Å². The van der Waals surface area contributed by atoms with E-state index in [1.807, 2.05) is 0 Å². The molecular formula is C16H17ClN2O3. The molecule has 116 valence electrons. The molecule has 6 heteroatoms. The summed E-state index contributed by atoms with van der Waals surface area (Å²) in [6.07, 6.45) is 6.73. The number of hydrogen-bond acceptors (Lipinski definition) is 4. The van der Waals surface area contributed by atoms with E-state index in [2.05, 4.69) is 10.3 Å². The number of carbonyl (C=O) groups is 1. The zero-order valence-corrected chi connectivity index (χ0v) is 12.8. The molecule has 0 saturated heterocycles. The third-order valence-electron chi connectivity index (χ3n) is 3.74. The molecule has 1 fully saturated rings. The molecule has 1 aliphatic carbocycles. The highest BCUT2D eigenvalue weighted by Gasteiger charge is 2.24. The number of amides is 1. The van der Waals surface area contributed by atoms with Crippen LogP contribution in [0.15, 0.2) is 41.1 Å². The second-order valence-corrected chi connectivity index (χ2v) is 5.79. The second kappa shape index (κ2) is 6.83. The first-order valence-corrected chi connectivity index (χ1v) is 7.71. The van der Waals surface area contributed by atoms with E-state index in [0.29, 0.717) is 16.7 Å². The fourth-order valence-corrected chi connectivity index (χ4v) is 2.70. The highest BCUT2D eigenvalue weighted by molar-refractivity contribution is 6.30. The van der Waals surface area contributed by atoms with Gasteiger partial charge in [0.15, 0.2) is 5.76 Å². The van der Waals surface area contributed by atoms with Crippen LogP contribution in [-0.4, -0.2) is 23.0 Å². The molecule has 0 aliphatic heterocycles. The lowest BCUT2D eigenvalue weighted by atomic mass is 9.93. The van der Waals surface area contributed by atoms with E-state index >= 15 is 0 Å². The molecule has 2 aromatic heterocycles. The summed E-state index contributed by atoms with van der Waals surface area (Å²) in [7, 11) is 0. The normalized spacial score (nSPS) is 21.3. The van der Waals surface area contributed by atoms with E-state index in [1.54, 1.807) is 30.5 Å². The molecule has 2 heterocycles. The monoisotopic (exact) mass is 320 g/mol. The lowest BCUT2D eigenvalue weighted by Crippen LogP contribution is -2.39. The zero-order valence-electron chi connectivity index (χ0n) is 12.0. The van der Waals surface area contributed by atoms with E-state index in [0.717, 1.165) is 25.7 Å². The van der Waals surface area contributed by atoms with Crippen LogP contribution in [0.2, 0.25) is 5.02 Å². The Hall–Kier alpha value is -2.01. The minimum Gasteiger partial charge on any atom is -0.474 e. The molecule has 22 heavy (non-hydrogen) atoms. The maximum Gasteiger partial charge on any atom is 0.287 e. The number of ether oxygens (including phenoxy) is 1. The number of nitrogens with one attached hydrogen (secondary N) is 1. The fourth-order valence-electron chi connectivity index (χ4n) is 2.59. The van der Waals surface area contributed by atoms with Gasteiger partial charge in [-0.2, -0.15) is 0 Å². The predicted molar refractivity (Wildman–Crippen MR) is 82.1 cm³/mol. The molecule has 0 spiro atoms. The predicted octanol–water partition coefficient (Wildman–Crippen LogP) is 3.45. The van der Waals surface area contributed by atoms with E-state index in [1.165, 1.54) is 6.26 Å². The largest absolute Gasteiger partial charge is 0.474 e. The maximum absolute atomic E-state index is 11.9. The van der Waals surface area contributed by atoms with Crippen LogP contribution in [0.5, 0.6) is 5.88 Å². The van der Waals surface area contributed by atoms with Gasteiger partial charge in [-0.25, -0.2) is 4.98 Å². The Kier molecular flexibility index (Phi) is 4.63. The number of pyridine rings is 1. The average molecular weight is 321 g/mol. The average Bonchev–Trinajstić information content (AvgIpc) is 3.06. The van der Waals surface area contributed by atoms with Crippen LogP contribution < -0.4 is 10.1 Å². The van der Waals surface area contributed by atoms with E-state index in [4.69, 9.17) is 20.8 Å². The summed E-state index contributed by atoms with van der Waals surface area (Å²) < 4.78 is 10.9. The van der Waals surface area contributed by atoms with E-state index < -0.39 is 0 Å². The number of halogens is 1. The van der Waals surface area contributed by atoms with Crippen LogP contribution in [0.25, 0.3) is 0 Å². The van der Waals surface area contributed by atoms with Crippen molar-refractivity contribution in [2.75, 3.05) is 0 Å². The van der Waals surface area contributed by atoms with Gasteiger partial charge in [0.2, 0.25) is 5.88 Å². The molecule has 2 aromatic rings. The van der Waals surface area contributed by atoms with Gasteiger partial charge in [0.1, 0.15) is 6.10 Å². The first-order chi connectivity index (χ1) is 10.7. The first kappa shape index (κ1) is 14.9. The lowest BCUT2D eigenvalue weighted by Gasteiger charge is -2.28. The minimum absolute atomic E-state index is 0.130. The number of rotatable bonds is 4. The molecule has 1 amide bonds. The van der Waals surface area contributed by atoms with Gasteiger partial charge in [0, 0.05) is 18.3 Å². The summed E-state index contributed by atoms with van der Waals surface area (Å²) >= 11 is 5.80. The number of carbonyl (C=O) groups excluding carboxylic acids is 1. The molecule has 0 atom stereocenters. The minimum atomic E-state index is -0.159. The fraction of sp³-hybridized carbons (Fsp3) is 0.375. The second-order valence-electron chi connectivity index (χ2n) is 5.36. The van der Waals surface area contributed by atoms with Crippen molar-refractivity contribution in [3.05, 3.63) is 47.5 Å². The van der Waals surface area contributed by atoms with Crippen molar-refractivity contribution in [1.29, 1.82) is 0 Å². The summed E-state index contributed by atoms with van der Waals surface area (Å²) in [5.41, 5.74) is 0. The number of furan rings is 1. The quantitative estimate of drug-likeness (QED) is 0.937. The Balaban J connectivity index is 1.46. The van der Waals surface area contributed by atoms with Gasteiger partial charge in [-0.1, -0.05) is 11.6 Å². The molecular weight excluding hydrogens is 304 g/mol. The summed E-state index contributed by atoms with van der Waals surface area (Å²) in [6, 6.07) is 7.07. The molecule has 0 radical (unpaired) electrons. The third-order valence-corrected chi connectivity index (χ3v) is 3.97. The molecule has 0 aromatic carbocycles. The Morgan fingerprint density at radius 1 is 1.27 bits per heavy atom. The Labute approximate surface area is 133 Å². The van der Waals surface area contributed by atoms with Crippen LogP contribution in [0, 0.1) is 0 Å². The summed E-state index contributed by atoms with van der Waals surface area (Å²) in [5.74, 6) is 0.782. The van der Waals surface area contributed by atoms with Crippen molar-refractivity contribution >= 4 is 17.5 Å². The van der Waals surface area contributed by atoms with Gasteiger partial charge >= 0.3 is 0 Å². The standard InChI is InChI=1S/C16H17ClN2O3/c17-11-3-8-15(18-10-11)22-13-6-4-12(5-7-13)19-16(20)14-2-1-9-21-14/h1-3,8-10,12-13H,4-7H2,(H,19,20). The van der Waals surface area contributed by atoms with Crippen LogP contribution in [-0.2, 0) is 0 Å². The van der Waals surface area contributed by atoms with Gasteiger partial charge in [0.25, 0.3) is 5.91 Å². The van der Waals surface area contributed by atoms with Crippen molar-refractivity contribution in [2.24, 2.45) is 0 Å². The highest BCUT2D eigenvalue weighted by Crippen LogP contribution is 2.23. The van der Waals surface area contributed by atoms with E-state index in [9.17, 15) is 4.79 Å². The molecule has 1 N–H and O–H groups in total. The van der Waals surface area contributed by atoms with Crippen molar-refractivity contribution in [1.82, 2.24) is 10.3 Å². The molecule has 0 bridgehead atoms. The first-order valence-electron chi connectivity index (χ1n) is 7.33. The van der Waals surface area contributed by atoms with Crippen molar-refractivity contribution < 1.29 is 13.9 Å². The Bertz CT molecular complexity index is 605. The van der Waals surface area contributed by atoms with Crippen LogP contribution in [0.4, 0.5) is 0 Å². The van der Waals surface area contributed by atoms with Gasteiger partial charge in [-0.3, -0.25) is 4.79 Å². The highest BCUT2D eigenvalue weighted by atomic mass is 35.5. The lowest BCUT2D eigenvalue weighted by molar-refractivity contribution is 0.0863. The van der Waals surface area contributed by atoms with Crippen molar-refractivity contribution in [3.63, 3.8) is 0 Å². The maximum atomic E-state index is 11.9. The molecule has 0 unspecified atom stereocenters. The van der Waals surface area contributed by atoms with Crippen LogP contribution in [0.1, 0.15) is 36.2 Å². The topological polar surface area (TPSA) is 64.4 Å². The number of hydrogen-bond donors (Lipinski definition) is 1. The SMILES string of the molecule is O=C(NC1CCC(Oc2ccc(Cl)cn2)CC1)c1ccco1. The third kappa shape index (κ3) is 3.80. The summed E-state index contributed by atoms with van der Waals surface area (Å²) in [6.45, 7) is 0. The van der Waals surface area contributed by atoms with E-state index in [-0.39, 0.29) is 18.1 Å². The molecule has 3 rings (SSSR count). The number of aromatic nitrogens is 1. The summed E-state index contributed by atoms with van der Waals surface area (Å²) in [5, 5.41) is 3.59. The van der Waals surface area contributed by atoms with Gasteiger partial charge in [0.05, 0.1) is 11.3 Å².